The fourth-order valence-corrected chi connectivity index (χ4v) is 3.96. The molecule has 0 bridgehead atoms. The third-order valence-electron chi connectivity index (χ3n) is 5.44. The topological polar surface area (TPSA) is 60.8 Å². The van der Waals surface area contributed by atoms with Gasteiger partial charge in [-0.2, -0.15) is 0 Å². The highest BCUT2D eigenvalue weighted by atomic mass is 35.5. The number of hydrogen-bond donors (Lipinski definition) is 0. The standard InChI is InChI=1S/C26H27ClN2O4/c1-18(2)17-33-26(31)24-23(28-12-14-32-15-13-28)22(19-8-10-21(27)11-9-19)16-29(24)25(30)20-6-4-3-5-7-20/h3-11,16,18H,12-15,17H2,1-2H3. The molecule has 0 unspecified atom stereocenters. The third kappa shape index (κ3) is 5.13. The first-order valence-electron chi connectivity index (χ1n) is 11.1. The lowest BCUT2D eigenvalue weighted by atomic mass is 10.1. The zero-order valence-electron chi connectivity index (χ0n) is 18.8. The van der Waals surface area contributed by atoms with Gasteiger partial charge in [-0.15, -0.1) is 0 Å². The van der Waals surface area contributed by atoms with E-state index in [0.717, 1.165) is 11.1 Å². The third-order valence-corrected chi connectivity index (χ3v) is 5.69. The first-order chi connectivity index (χ1) is 16.0. The largest absolute Gasteiger partial charge is 0.461 e. The van der Waals surface area contributed by atoms with E-state index in [1.165, 1.54) is 4.57 Å². The zero-order chi connectivity index (χ0) is 23.4. The van der Waals surface area contributed by atoms with Crippen LogP contribution in [0.2, 0.25) is 5.02 Å². The van der Waals surface area contributed by atoms with Crippen molar-refractivity contribution in [2.45, 2.75) is 13.8 Å². The van der Waals surface area contributed by atoms with E-state index in [1.54, 1.807) is 42.6 Å². The van der Waals surface area contributed by atoms with E-state index >= 15 is 0 Å². The molecule has 0 N–H and O–H groups in total. The average Bonchev–Trinajstić information content (AvgIpc) is 3.24. The van der Waals surface area contributed by atoms with Crippen molar-refractivity contribution in [2.24, 2.45) is 5.92 Å². The number of benzene rings is 2. The molecule has 0 amide bonds. The minimum atomic E-state index is -0.519. The van der Waals surface area contributed by atoms with Crippen LogP contribution in [0, 0.1) is 5.92 Å². The summed E-state index contributed by atoms with van der Waals surface area (Å²) in [5, 5.41) is 0.614. The Balaban J connectivity index is 1.91. The van der Waals surface area contributed by atoms with Crippen LogP contribution < -0.4 is 4.90 Å². The summed E-state index contributed by atoms with van der Waals surface area (Å²) in [5.41, 5.74) is 3.03. The van der Waals surface area contributed by atoms with E-state index in [-0.39, 0.29) is 24.1 Å². The molecule has 1 aliphatic rings. The Morgan fingerprint density at radius 1 is 1.03 bits per heavy atom. The van der Waals surface area contributed by atoms with E-state index in [2.05, 4.69) is 4.90 Å². The highest BCUT2D eigenvalue weighted by Crippen LogP contribution is 2.38. The van der Waals surface area contributed by atoms with Gasteiger partial charge in [0.15, 0.2) is 5.69 Å². The van der Waals surface area contributed by atoms with Crippen LogP contribution in [0.1, 0.15) is 34.7 Å². The fraction of sp³-hybridized carbons (Fsp3) is 0.308. The number of carbonyl (C=O) groups is 2. The van der Waals surface area contributed by atoms with Crippen LogP contribution in [0.3, 0.4) is 0 Å². The van der Waals surface area contributed by atoms with Gasteiger partial charge in [-0.25, -0.2) is 4.79 Å². The zero-order valence-corrected chi connectivity index (χ0v) is 19.5. The molecule has 172 valence electrons. The van der Waals surface area contributed by atoms with Crippen molar-refractivity contribution in [1.82, 2.24) is 4.57 Å². The predicted molar refractivity (Wildman–Crippen MR) is 129 cm³/mol. The number of aromatic nitrogens is 1. The highest BCUT2D eigenvalue weighted by molar-refractivity contribution is 6.30. The maximum atomic E-state index is 13.5. The predicted octanol–water partition coefficient (Wildman–Crippen LogP) is 5.15. The maximum absolute atomic E-state index is 13.5. The van der Waals surface area contributed by atoms with Crippen LogP contribution >= 0.6 is 11.6 Å². The average molecular weight is 467 g/mol. The molecule has 7 heteroatoms. The van der Waals surface area contributed by atoms with Gasteiger partial charge in [0.1, 0.15) is 0 Å². The smallest absolute Gasteiger partial charge is 0.357 e. The van der Waals surface area contributed by atoms with Gasteiger partial charge >= 0.3 is 5.97 Å². The number of morpholine rings is 1. The molecule has 3 aromatic rings. The van der Waals surface area contributed by atoms with Gasteiger partial charge in [-0.3, -0.25) is 9.36 Å². The molecule has 33 heavy (non-hydrogen) atoms. The second-order valence-corrected chi connectivity index (χ2v) is 8.82. The van der Waals surface area contributed by atoms with Gasteiger partial charge < -0.3 is 14.4 Å². The molecular formula is C26H27ClN2O4. The second kappa shape index (κ2) is 10.2. The summed E-state index contributed by atoms with van der Waals surface area (Å²) in [6.07, 6.45) is 1.73. The van der Waals surface area contributed by atoms with Crippen molar-refractivity contribution >= 4 is 29.2 Å². The SMILES string of the molecule is CC(C)COC(=O)c1c(N2CCOCC2)c(-c2ccc(Cl)cc2)cn1C(=O)c1ccccc1. The van der Waals surface area contributed by atoms with Crippen molar-refractivity contribution in [1.29, 1.82) is 0 Å². The number of esters is 1. The molecular weight excluding hydrogens is 440 g/mol. The van der Waals surface area contributed by atoms with Gasteiger partial charge in [0, 0.05) is 35.4 Å². The Labute approximate surface area is 198 Å². The van der Waals surface area contributed by atoms with Crippen LogP contribution in [-0.4, -0.2) is 49.4 Å². The molecule has 0 spiro atoms. The molecule has 0 radical (unpaired) electrons. The van der Waals surface area contributed by atoms with Gasteiger partial charge in [0.05, 0.1) is 25.5 Å². The number of ether oxygens (including phenoxy) is 2. The van der Waals surface area contributed by atoms with Crippen LogP contribution in [0.15, 0.2) is 60.8 Å². The maximum Gasteiger partial charge on any atom is 0.357 e. The summed E-state index contributed by atoms with van der Waals surface area (Å²) < 4.78 is 12.6. The van der Waals surface area contributed by atoms with Gasteiger partial charge in [-0.05, 0) is 35.7 Å². The molecule has 2 aromatic carbocycles. The molecule has 1 fully saturated rings. The number of carbonyl (C=O) groups excluding carboxylic acids is 2. The van der Waals surface area contributed by atoms with Crippen LogP contribution in [0.25, 0.3) is 11.1 Å². The van der Waals surface area contributed by atoms with Crippen LogP contribution in [0.5, 0.6) is 0 Å². The lowest BCUT2D eigenvalue weighted by Gasteiger charge is -2.30. The Morgan fingerprint density at radius 2 is 1.70 bits per heavy atom. The van der Waals surface area contributed by atoms with Crippen molar-refractivity contribution in [3.63, 3.8) is 0 Å². The molecule has 0 saturated carbocycles. The first-order valence-corrected chi connectivity index (χ1v) is 11.4. The summed E-state index contributed by atoms with van der Waals surface area (Å²) in [7, 11) is 0. The van der Waals surface area contributed by atoms with Gasteiger partial charge in [-0.1, -0.05) is 55.8 Å². The van der Waals surface area contributed by atoms with E-state index in [0.29, 0.717) is 42.6 Å². The lowest BCUT2D eigenvalue weighted by Crippen LogP contribution is -2.37. The van der Waals surface area contributed by atoms with E-state index < -0.39 is 5.97 Å². The number of nitrogens with zero attached hydrogens (tertiary/aromatic N) is 2. The van der Waals surface area contributed by atoms with Gasteiger partial charge in [0.25, 0.3) is 5.91 Å². The lowest BCUT2D eigenvalue weighted by molar-refractivity contribution is 0.0443. The second-order valence-electron chi connectivity index (χ2n) is 8.38. The minimum Gasteiger partial charge on any atom is -0.461 e. The van der Waals surface area contributed by atoms with Crippen molar-refractivity contribution in [3.05, 3.63) is 77.1 Å². The molecule has 2 heterocycles. The number of hydrogen-bond acceptors (Lipinski definition) is 5. The molecule has 1 aromatic heterocycles. The molecule has 1 aliphatic heterocycles. The van der Waals surface area contributed by atoms with E-state index in [4.69, 9.17) is 21.1 Å². The summed E-state index contributed by atoms with van der Waals surface area (Å²) in [4.78, 5) is 29.0. The summed E-state index contributed by atoms with van der Waals surface area (Å²) >= 11 is 6.12. The summed E-state index contributed by atoms with van der Waals surface area (Å²) in [5.74, 6) is -0.638. The quantitative estimate of drug-likeness (QED) is 0.470. The van der Waals surface area contributed by atoms with Gasteiger partial charge in [0.2, 0.25) is 0 Å². The number of rotatable bonds is 6. The summed E-state index contributed by atoms with van der Waals surface area (Å²) in [6.45, 7) is 6.51. The molecule has 1 saturated heterocycles. The van der Waals surface area contributed by atoms with E-state index in [1.807, 2.05) is 32.0 Å². The Bertz CT molecular complexity index is 1120. The minimum absolute atomic E-state index is 0.171. The van der Waals surface area contributed by atoms with Crippen molar-refractivity contribution in [3.8, 4) is 11.1 Å². The Morgan fingerprint density at radius 3 is 2.33 bits per heavy atom. The Kier molecular flexibility index (Phi) is 7.16. The van der Waals surface area contributed by atoms with Crippen LogP contribution in [0.4, 0.5) is 5.69 Å². The molecule has 6 nitrogen and oxygen atoms in total. The van der Waals surface area contributed by atoms with Crippen molar-refractivity contribution < 1.29 is 19.1 Å². The van der Waals surface area contributed by atoms with Crippen LogP contribution in [-0.2, 0) is 9.47 Å². The Hall–Kier alpha value is -3.09. The molecule has 0 aliphatic carbocycles. The normalized spacial score (nSPS) is 13.9. The van der Waals surface area contributed by atoms with E-state index in [9.17, 15) is 9.59 Å². The molecule has 0 atom stereocenters. The number of anilines is 1. The highest BCUT2D eigenvalue weighted by Gasteiger charge is 2.31. The van der Waals surface area contributed by atoms with Crippen molar-refractivity contribution in [2.75, 3.05) is 37.8 Å². The summed E-state index contributed by atoms with van der Waals surface area (Å²) in [6, 6.07) is 16.3. The molecule has 4 rings (SSSR count). The first kappa shape index (κ1) is 23.1. The monoisotopic (exact) mass is 466 g/mol. The fourth-order valence-electron chi connectivity index (χ4n) is 3.83. The number of halogens is 1.